The van der Waals surface area contributed by atoms with Crippen molar-refractivity contribution in [3.63, 3.8) is 0 Å². The largest absolute Gasteiger partial charge is 0.354 e. The molecular formula is C26H50N4O6. The topological polar surface area (TPSA) is 135 Å². The van der Waals surface area contributed by atoms with Crippen molar-refractivity contribution < 1.29 is 28.9 Å². The van der Waals surface area contributed by atoms with E-state index in [2.05, 4.69) is 21.6 Å². The highest BCUT2D eigenvalue weighted by atomic mass is 16.7. The molecule has 0 heterocycles. The Kier molecular flexibility index (Phi) is 17.8. The minimum Gasteiger partial charge on any atom is -0.354 e. The quantitative estimate of drug-likeness (QED) is 0.155. The van der Waals surface area contributed by atoms with Crippen LogP contribution in [0.1, 0.15) is 93.9 Å². The molecule has 36 heavy (non-hydrogen) atoms. The molecule has 0 spiro atoms. The minimum atomic E-state index is -0.757. The zero-order valence-electron chi connectivity index (χ0n) is 23.6. The number of unbranched alkanes of at least 4 members (excludes halogenated alkanes) is 1. The highest BCUT2D eigenvalue weighted by molar-refractivity contribution is 5.82. The van der Waals surface area contributed by atoms with Crippen molar-refractivity contribution >= 4 is 23.6 Å². The molecule has 10 heteroatoms. The van der Waals surface area contributed by atoms with E-state index in [4.69, 9.17) is 9.68 Å². The second-order valence-corrected chi connectivity index (χ2v) is 11.0. The zero-order valence-corrected chi connectivity index (χ0v) is 23.6. The third-order valence-electron chi connectivity index (χ3n) is 5.01. The van der Waals surface area contributed by atoms with Gasteiger partial charge in [0, 0.05) is 25.9 Å². The molecule has 0 rings (SSSR count). The fourth-order valence-electron chi connectivity index (χ4n) is 3.06. The Bertz CT molecular complexity index is 611. The Balaban J connectivity index is 4.36. The second-order valence-electron chi connectivity index (χ2n) is 11.0. The SMILES string of the molecule is CC(C)CNC(=O)C(CC(C)C)ONC(=O)CCCCC(=O)NO[C@H](CC(C)C)C(=O)NCC(C)C. The number of carbonyl (C=O) groups is 4. The van der Waals surface area contributed by atoms with Gasteiger partial charge in [-0.25, -0.2) is 11.0 Å². The zero-order chi connectivity index (χ0) is 27.7. The van der Waals surface area contributed by atoms with Gasteiger partial charge in [0.1, 0.15) is 0 Å². The Morgan fingerprint density at radius 2 is 0.889 bits per heavy atom. The Morgan fingerprint density at radius 3 is 1.17 bits per heavy atom. The lowest BCUT2D eigenvalue weighted by atomic mass is 10.1. The Labute approximate surface area is 217 Å². The van der Waals surface area contributed by atoms with Crippen LogP contribution < -0.4 is 21.6 Å². The van der Waals surface area contributed by atoms with Crippen LogP contribution in [0.15, 0.2) is 0 Å². The van der Waals surface area contributed by atoms with Crippen LogP contribution in [-0.2, 0) is 28.9 Å². The summed E-state index contributed by atoms with van der Waals surface area (Å²) in [7, 11) is 0. The molecule has 2 atom stereocenters. The number of nitrogens with one attached hydrogen (secondary N) is 4. The van der Waals surface area contributed by atoms with Crippen molar-refractivity contribution in [2.75, 3.05) is 13.1 Å². The molecule has 210 valence electrons. The molecule has 0 aliphatic heterocycles. The molecule has 0 aliphatic rings. The van der Waals surface area contributed by atoms with E-state index in [1.807, 2.05) is 55.4 Å². The second kappa shape index (κ2) is 19.0. The first-order chi connectivity index (χ1) is 16.8. The fourth-order valence-corrected chi connectivity index (χ4v) is 3.06. The van der Waals surface area contributed by atoms with E-state index in [0.29, 0.717) is 50.6 Å². The first kappa shape index (κ1) is 33.8. The molecule has 10 nitrogen and oxygen atoms in total. The van der Waals surface area contributed by atoms with Gasteiger partial charge in [0.2, 0.25) is 11.8 Å². The summed E-state index contributed by atoms with van der Waals surface area (Å²) in [4.78, 5) is 59.7. The number of carbonyl (C=O) groups excluding carboxylic acids is 4. The molecule has 4 amide bonds. The Morgan fingerprint density at radius 1 is 0.556 bits per heavy atom. The third kappa shape index (κ3) is 18.1. The van der Waals surface area contributed by atoms with Crippen LogP contribution in [0.3, 0.4) is 0 Å². The van der Waals surface area contributed by atoms with E-state index >= 15 is 0 Å². The van der Waals surface area contributed by atoms with Crippen LogP contribution in [0.25, 0.3) is 0 Å². The van der Waals surface area contributed by atoms with Crippen LogP contribution in [0.5, 0.6) is 0 Å². The highest BCUT2D eigenvalue weighted by Gasteiger charge is 2.23. The molecule has 0 bridgehead atoms. The summed E-state index contributed by atoms with van der Waals surface area (Å²) in [6.45, 7) is 17.0. The maximum atomic E-state index is 12.3. The van der Waals surface area contributed by atoms with Gasteiger partial charge < -0.3 is 10.6 Å². The summed E-state index contributed by atoms with van der Waals surface area (Å²) in [5.74, 6) is -0.126. The van der Waals surface area contributed by atoms with E-state index in [9.17, 15) is 19.2 Å². The summed E-state index contributed by atoms with van der Waals surface area (Å²) in [5, 5.41) is 5.66. The van der Waals surface area contributed by atoms with E-state index in [1.165, 1.54) is 0 Å². The van der Waals surface area contributed by atoms with Crippen molar-refractivity contribution in [3.8, 4) is 0 Å². The van der Waals surface area contributed by atoms with E-state index < -0.39 is 12.2 Å². The standard InChI is InChI=1S/C26H50N4O6/c1-17(2)13-21(25(33)27-15-19(5)6)35-29-23(31)11-9-10-12-24(32)30-36-22(14-18(3)4)26(34)28-16-20(7)8/h17-22H,9-16H2,1-8H3,(H,27,33)(H,28,34)(H,29,31)(H,30,32)/t21-,22?/m1/s1. The molecule has 0 saturated carbocycles. The van der Waals surface area contributed by atoms with Gasteiger partial charge in [0.15, 0.2) is 12.2 Å². The molecular weight excluding hydrogens is 464 g/mol. The van der Waals surface area contributed by atoms with Crippen LogP contribution in [0, 0.1) is 23.7 Å². The third-order valence-corrected chi connectivity index (χ3v) is 5.01. The van der Waals surface area contributed by atoms with E-state index in [1.54, 1.807) is 0 Å². The van der Waals surface area contributed by atoms with Crippen molar-refractivity contribution in [1.82, 2.24) is 21.6 Å². The molecule has 4 N–H and O–H groups in total. The van der Waals surface area contributed by atoms with Gasteiger partial charge in [0.25, 0.3) is 11.8 Å². The smallest absolute Gasteiger partial charge is 0.251 e. The number of hydroxylamine groups is 2. The summed E-state index contributed by atoms with van der Waals surface area (Å²) >= 11 is 0. The van der Waals surface area contributed by atoms with Gasteiger partial charge in [-0.2, -0.15) is 0 Å². The van der Waals surface area contributed by atoms with Gasteiger partial charge in [-0.05, 0) is 49.4 Å². The summed E-state index contributed by atoms with van der Waals surface area (Å²) < 4.78 is 0. The molecule has 0 saturated heterocycles. The van der Waals surface area contributed by atoms with E-state index in [0.717, 1.165) is 0 Å². The van der Waals surface area contributed by atoms with Crippen molar-refractivity contribution in [2.45, 2.75) is 106 Å². The van der Waals surface area contributed by atoms with Gasteiger partial charge in [-0.1, -0.05) is 55.4 Å². The summed E-state index contributed by atoms with van der Waals surface area (Å²) in [5.41, 5.74) is 4.73. The number of hydrogen-bond acceptors (Lipinski definition) is 6. The summed E-state index contributed by atoms with van der Waals surface area (Å²) in [6.07, 6.45) is 0.685. The first-order valence-corrected chi connectivity index (χ1v) is 13.3. The highest BCUT2D eigenvalue weighted by Crippen LogP contribution is 2.10. The number of rotatable bonds is 19. The Hall–Kier alpha value is -2.20. The van der Waals surface area contributed by atoms with Gasteiger partial charge in [0.05, 0.1) is 0 Å². The average Bonchev–Trinajstić information content (AvgIpc) is 2.78. The summed E-state index contributed by atoms with van der Waals surface area (Å²) in [6, 6.07) is 0. The lowest BCUT2D eigenvalue weighted by Gasteiger charge is -2.20. The van der Waals surface area contributed by atoms with Gasteiger partial charge in [-0.3, -0.25) is 28.9 Å². The van der Waals surface area contributed by atoms with Crippen LogP contribution >= 0.6 is 0 Å². The monoisotopic (exact) mass is 514 g/mol. The van der Waals surface area contributed by atoms with Crippen molar-refractivity contribution in [2.24, 2.45) is 23.7 Å². The molecule has 0 aliphatic carbocycles. The van der Waals surface area contributed by atoms with Gasteiger partial charge >= 0.3 is 0 Å². The molecule has 0 fully saturated rings. The number of amides is 4. The number of hydrogen-bond donors (Lipinski definition) is 4. The molecule has 0 radical (unpaired) electrons. The average molecular weight is 515 g/mol. The molecule has 0 aromatic heterocycles. The lowest BCUT2D eigenvalue weighted by Crippen LogP contribution is -2.43. The first-order valence-electron chi connectivity index (χ1n) is 13.3. The minimum absolute atomic E-state index is 0.156. The van der Waals surface area contributed by atoms with E-state index in [-0.39, 0.29) is 48.3 Å². The van der Waals surface area contributed by atoms with Crippen LogP contribution in [0.4, 0.5) is 0 Å². The van der Waals surface area contributed by atoms with Gasteiger partial charge in [-0.15, -0.1) is 0 Å². The molecule has 1 unspecified atom stereocenters. The van der Waals surface area contributed by atoms with Crippen LogP contribution in [-0.4, -0.2) is 48.9 Å². The van der Waals surface area contributed by atoms with Crippen molar-refractivity contribution in [1.29, 1.82) is 0 Å². The molecule has 0 aromatic rings. The maximum Gasteiger partial charge on any atom is 0.251 e. The molecule has 0 aromatic carbocycles. The normalized spacial score (nSPS) is 13.1. The maximum absolute atomic E-state index is 12.3. The van der Waals surface area contributed by atoms with Crippen LogP contribution in [0.2, 0.25) is 0 Å². The lowest BCUT2D eigenvalue weighted by molar-refractivity contribution is -0.151. The van der Waals surface area contributed by atoms with Crippen molar-refractivity contribution in [3.05, 3.63) is 0 Å². The predicted molar refractivity (Wildman–Crippen MR) is 139 cm³/mol. The fraction of sp³-hybridized carbons (Fsp3) is 0.846. The predicted octanol–water partition coefficient (Wildman–Crippen LogP) is 3.02.